The molecule has 0 amide bonds. The van der Waals surface area contributed by atoms with E-state index < -0.39 is 6.43 Å². The second-order valence-corrected chi connectivity index (χ2v) is 7.26. The first kappa shape index (κ1) is 21.2. The van der Waals surface area contributed by atoms with Crippen molar-refractivity contribution in [2.24, 2.45) is 4.99 Å². The van der Waals surface area contributed by atoms with Crippen LogP contribution in [0.2, 0.25) is 0 Å². The van der Waals surface area contributed by atoms with E-state index in [1.54, 1.807) is 6.20 Å². The summed E-state index contributed by atoms with van der Waals surface area (Å²) < 4.78 is 27.2. The Balaban J connectivity index is 1.56. The van der Waals surface area contributed by atoms with Crippen LogP contribution in [0.4, 0.5) is 8.78 Å². The van der Waals surface area contributed by atoms with Crippen molar-refractivity contribution in [3.63, 3.8) is 0 Å². The lowest BCUT2D eigenvalue weighted by atomic mass is 10.1. The standard InChI is InChI=1S/C21H30F2N6/c1-2-24-21(27-18-8-11-28(12-9-18)16-19(22)23)26-14-20-25-10-13-29(20)15-17-6-4-3-5-7-17/h3-7,10,13,18-19H,2,8-9,11-12,14-16H2,1H3,(H2,24,26,27). The maximum absolute atomic E-state index is 12.5. The van der Waals surface area contributed by atoms with Crippen molar-refractivity contribution in [3.05, 3.63) is 54.1 Å². The molecule has 3 rings (SSSR count). The molecule has 29 heavy (non-hydrogen) atoms. The quantitative estimate of drug-likeness (QED) is 0.525. The first-order chi connectivity index (χ1) is 14.1. The molecule has 0 unspecified atom stereocenters. The molecule has 0 saturated carbocycles. The molecule has 0 spiro atoms. The number of piperidine rings is 1. The van der Waals surface area contributed by atoms with E-state index in [1.807, 2.05) is 36.2 Å². The van der Waals surface area contributed by atoms with Crippen LogP contribution in [-0.2, 0) is 13.1 Å². The van der Waals surface area contributed by atoms with Crippen LogP contribution in [0.1, 0.15) is 31.2 Å². The molecule has 0 aliphatic carbocycles. The number of halogens is 2. The number of aliphatic imine (C=N–C) groups is 1. The number of alkyl halides is 2. The van der Waals surface area contributed by atoms with Crippen LogP contribution in [0.15, 0.2) is 47.7 Å². The van der Waals surface area contributed by atoms with E-state index in [0.717, 1.165) is 37.7 Å². The zero-order valence-corrected chi connectivity index (χ0v) is 16.9. The lowest BCUT2D eigenvalue weighted by Crippen LogP contribution is -2.49. The van der Waals surface area contributed by atoms with E-state index in [-0.39, 0.29) is 12.6 Å². The summed E-state index contributed by atoms with van der Waals surface area (Å²) in [5.74, 6) is 1.65. The summed E-state index contributed by atoms with van der Waals surface area (Å²) in [6.07, 6.45) is 3.17. The van der Waals surface area contributed by atoms with E-state index in [9.17, 15) is 8.78 Å². The van der Waals surface area contributed by atoms with E-state index in [2.05, 4.69) is 32.3 Å². The molecule has 158 valence electrons. The number of likely N-dealkylation sites (tertiary alicyclic amines) is 1. The number of aromatic nitrogens is 2. The van der Waals surface area contributed by atoms with Crippen molar-refractivity contribution in [2.45, 2.75) is 45.3 Å². The Morgan fingerprint density at radius 2 is 2.00 bits per heavy atom. The predicted molar refractivity (Wildman–Crippen MR) is 111 cm³/mol. The summed E-state index contributed by atoms with van der Waals surface area (Å²) in [5.41, 5.74) is 1.22. The predicted octanol–water partition coefficient (Wildman–Crippen LogP) is 2.72. The molecule has 2 heterocycles. The fourth-order valence-corrected chi connectivity index (χ4v) is 3.53. The molecular formula is C21H30F2N6. The Kier molecular flexibility index (Phi) is 7.98. The Bertz CT molecular complexity index is 754. The zero-order valence-electron chi connectivity index (χ0n) is 16.9. The molecule has 1 aromatic carbocycles. The average molecular weight is 405 g/mol. The summed E-state index contributed by atoms with van der Waals surface area (Å²) in [7, 11) is 0. The van der Waals surface area contributed by atoms with Gasteiger partial charge >= 0.3 is 0 Å². The summed E-state index contributed by atoms with van der Waals surface area (Å²) in [4.78, 5) is 11.0. The molecule has 0 radical (unpaired) electrons. The van der Waals surface area contributed by atoms with Gasteiger partial charge in [-0.3, -0.25) is 4.90 Å². The van der Waals surface area contributed by atoms with Crippen molar-refractivity contribution in [1.82, 2.24) is 25.1 Å². The maximum atomic E-state index is 12.5. The summed E-state index contributed by atoms with van der Waals surface area (Å²) in [6, 6.07) is 10.5. The molecule has 1 aliphatic heterocycles. The van der Waals surface area contributed by atoms with Gasteiger partial charge in [0.25, 0.3) is 6.43 Å². The van der Waals surface area contributed by atoms with Crippen LogP contribution in [-0.4, -0.2) is 59.1 Å². The Morgan fingerprint density at radius 3 is 2.69 bits per heavy atom. The van der Waals surface area contributed by atoms with Crippen molar-refractivity contribution < 1.29 is 8.78 Å². The molecule has 1 saturated heterocycles. The second kappa shape index (κ2) is 10.9. The van der Waals surface area contributed by atoms with E-state index in [4.69, 9.17) is 4.99 Å². The van der Waals surface area contributed by atoms with Crippen molar-refractivity contribution in [2.75, 3.05) is 26.2 Å². The monoisotopic (exact) mass is 404 g/mol. The highest BCUT2D eigenvalue weighted by molar-refractivity contribution is 5.80. The molecule has 1 aromatic heterocycles. The summed E-state index contributed by atoms with van der Waals surface area (Å²) >= 11 is 0. The smallest absolute Gasteiger partial charge is 0.251 e. The number of guanidine groups is 1. The fraction of sp³-hybridized carbons (Fsp3) is 0.524. The van der Waals surface area contributed by atoms with E-state index in [1.165, 1.54) is 5.56 Å². The van der Waals surface area contributed by atoms with Gasteiger partial charge in [0.05, 0.1) is 6.54 Å². The number of hydrogen-bond acceptors (Lipinski definition) is 3. The molecule has 2 aromatic rings. The average Bonchev–Trinajstić information content (AvgIpc) is 3.15. The van der Waals surface area contributed by atoms with E-state index >= 15 is 0 Å². The zero-order chi connectivity index (χ0) is 20.5. The summed E-state index contributed by atoms with van der Waals surface area (Å²) in [6.45, 7) is 5.25. The molecule has 1 aliphatic rings. The SMILES string of the molecule is CCNC(=NCc1nccn1Cc1ccccc1)NC1CCN(CC(F)F)CC1. The number of rotatable bonds is 8. The lowest BCUT2D eigenvalue weighted by molar-refractivity contribution is 0.0744. The lowest BCUT2D eigenvalue weighted by Gasteiger charge is -2.32. The summed E-state index contributed by atoms with van der Waals surface area (Å²) in [5, 5.41) is 6.72. The Hall–Kier alpha value is -2.48. The van der Waals surface area contributed by atoms with Gasteiger partial charge in [0, 0.05) is 44.6 Å². The minimum Gasteiger partial charge on any atom is -0.357 e. The van der Waals surface area contributed by atoms with Gasteiger partial charge in [0.15, 0.2) is 5.96 Å². The van der Waals surface area contributed by atoms with Gasteiger partial charge in [0.2, 0.25) is 0 Å². The van der Waals surface area contributed by atoms with Gasteiger partial charge in [-0.25, -0.2) is 18.8 Å². The molecular weight excluding hydrogens is 374 g/mol. The normalized spacial score (nSPS) is 16.3. The number of imidazole rings is 1. The molecule has 0 bridgehead atoms. The maximum Gasteiger partial charge on any atom is 0.251 e. The van der Waals surface area contributed by atoms with Gasteiger partial charge in [-0.05, 0) is 25.3 Å². The van der Waals surface area contributed by atoms with Crippen LogP contribution in [0.5, 0.6) is 0 Å². The molecule has 8 heteroatoms. The van der Waals surface area contributed by atoms with Crippen molar-refractivity contribution in [1.29, 1.82) is 0 Å². The molecule has 6 nitrogen and oxygen atoms in total. The molecule has 1 fully saturated rings. The highest BCUT2D eigenvalue weighted by atomic mass is 19.3. The second-order valence-electron chi connectivity index (χ2n) is 7.26. The van der Waals surface area contributed by atoms with Crippen LogP contribution in [0, 0.1) is 0 Å². The van der Waals surface area contributed by atoms with E-state index in [0.29, 0.717) is 19.6 Å². The van der Waals surface area contributed by atoms with Gasteiger partial charge in [-0.1, -0.05) is 30.3 Å². The first-order valence-electron chi connectivity index (χ1n) is 10.2. The Morgan fingerprint density at radius 1 is 1.24 bits per heavy atom. The molecule has 0 atom stereocenters. The van der Waals surface area contributed by atoms with Gasteiger partial charge in [0.1, 0.15) is 12.4 Å². The number of nitrogens with one attached hydrogen (secondary N) is 2. The van der Waals surface area contributed by atoms with Gasteiger partial charge < -0.3 is 15.2 Å². The first-order valence-corrected chi connectivity index (χ1v) is 10.2. The largest absolute Gasteiger partial charge is 0.357 e. The highest BCUT2D eigenvalue weighted by Crippen LogP contribution is 2.12. The van der Waals surface area contributed by atoms with Crippen LogP contribution < -0.4 is 10.6 Å². The van der Waals surface area contributed by atoms with Gasteiger partial charge in [-0.15, -0.1) is 0 Å². The third-order valence-electron chi connectivity index (χ3n) is 5.04. The topological polar surface area (TPSA) is 57.5 Å². The van der Waals surface area contributed by atoms with Gasteiger partial charge in [-0.2, -0.15) is 0 Å². The number of benzene rings is 1. The number of hydrogen-bond donors (Lipinski definition) is 2. The minimum atomic E-state index is -2.27. The van der Waals surface area contributed by atoms with Crippen LogP contribution in [0.25, 0.3) is 0 Å². The van der Waals surface area contributed by atoms with Crippen molar-refractivity contribution in [3.8, 4) is 0 Å². The van der Waals surface area contributed by atoms with Crippen molar-refractivity contribution >= 4 is 5.96 Å². The van der Waals surface area contributed by atoms with Crippen LogP contribution in [0.3, 0.4) is 0 Å². The fourth-order valence-electron chi connectivity index (χ4n) is 3.53. The number of nitrogens with zero attached hydrogens (tertiary/aromatic N) is 4. The third kappa shape index (κ3) is 6.81. The molecule has 2 N–H and O–H groups in total. The third-order valence-corrected chi connectivity index (χ3v) is 5.04. The minimum absolute atomic E-state index is 0.134. The highest BCUT2D eigenvalue weighted by Gasteiger charge is 2.22. The Labute approximate surface area is 171 Å². The van der Waals surface area contributed by atoms with Crippen LogP contribution >= 0.6 is 0 Å².